The van der Waals surface area contributed by atoms with E-state index in [9.17, 15) is 9.59 Å². The van der Waals surface area contributed by atoms with Gasteiger partial charge >= 0.3 is 5.97 Å². The number of rotatable bonds is 3. The van der Waals surface area contributed by atoms with E-state index in [-0.39, 0.29) is 11.7 Å². The number of carbonyl (C=O) groups excluding carboxylic acids is 2. The first kappa shape index (κ1) is 8.53. The molecular formula is C7H9ClO3. The Kier molecular flexibility index (Phi) is 2.49. The monoisotopic (exact) mass is 176 g/mol. The summed E-state index contributed by atoms with van der Waals surface area (Å²) in [5.41, 5.74) is 0. The number of alkyl halides is 1. The first-order valence-corrected chi connectivity index (χ1v) is 3.86. The number of methoxy groups -OCH3 is 1. The lowest BCUT2D eigenvalue weighted by Gasteiger charge is -2.03. The summed E-state index contributed by atoms with van der Waals surface area (Å²) in [6.07, 6.45) is 1.72. The maximum absolute atomic E-state index is 11.1. The van der Waals surface area contributed by atoms with E-state index in [2.05, 4.69) is 4.74 Å². The summed E-state index contributed by atoms with van der Waals surface area (Å²) < 4.78 is 4.32. The molecule has 1 atom stereocenters. The third kappa shape index (κ3) is 1.93. The molecule has 11 heavy (non-hydrogen) atoms. The summed E-state index contributed by atoms with van der Waals surface area (Å²) >= 11 is 5.49. The number of hydrogen-bond acceptors (Lipinski definition) is 3. The summed E-state index contributed by atoms with van der Waals surface area (Å²) in [5.74, 6) is -0.835. The number of esters is 1. The van der Waals surface area contributed by atoms with Gasteiger partial charge in [-0.15, -0.1) is 11.6 Å². The summed E-state index contributed by atoms with van der Waals surface area (Å²) in [7, 11) is 1.22. The van der Waals surface area contributed by atoms with Gasteiger partial charge in [-0.05, 0) is 12.8 Å². The second kappa shape index (κ2) is 3.22. The van der Waals surface area contributed by atoms with Crippen molar-refractivity contribution in [1.29, 1.82) is 0 Å². The first-order valence-electron chi connectivity index (χ1n) is 3.42. The highest BCUT2D eigenvalue weighted by Crippen LogP contribution is 2.32. The molecule has 0 aromatic carbocycles. The minimum Gasteiger partial charge on any atom is -0.468 e. The average molecular weight is 177 g/mol. The number of carbonyl (C=O) groups is 2. The molecule has 0 N–H and O–H groups in total. The highest BCUT2D eigenvalue weighted by molar-refractivity contribution is 6.41. The molecule has 0 radical (unpaired) electrons. The van der Waals surface area contributed by atoms with Crippen molar-refractivity contribution in [2.24, 2.45) is 5.92 Å². The minimum absolute atomic E-state index is 0.0107. The third-order valence-electron chi connectivity index (χ3n) is 1.64. The molecule has 0 heterocycles. The number of hydrogen-bond donors (Lipinski definition) is 0. The molecule has 1 aliphatic rings. The van der Waals surface area contributed by atoms with Gasteiger partial charge in [0.2, 0.25) is 0 Å². The summed E-state index contributed by atoms with van der Waals surface area (Å²) in [4.78, 5) is 21.8. The van der Waals surface area contributed by atoms with Gasteiger partial charge in [0, 0.05) is 5.92 Å². The fourth-order valence-corrected chi connectivity index (χ4v) is 1.06. The van der Waals surface area contributed by atoms with Crippen molar-refractivity contribution in [3.05, 3.63) is 0 Å². The quantitative estimate of drug-likeness (QED) is 0.362. The van der Waals surface area contributed by atoms with Gasteiger partial charge in [0.25, 0.3) is 0 Å². The van der Waals surface area contributed by atoms with Gasteiger partial charge < -0.3 is 4.74 Å². The summed E-state index contributed by atoms with van der Waals surface area (Å²) in [6.45, 7) is 0. The number of ketones is 1. The number of Topliss-reactive ketones (excluding diaryl/α,β-unsaturated/α-hetero) is 1. The van der Waals surface area contributed by atoms with Crippen LogP contribution in [0.4, 0.5) is 0 Å². The molecule has 4 heteroatoms. The van der Waals surface area contributed by atoms with Crippen LogP contribution in [0.2, 0.25) is 0 Å². The van der Waals surface area contributed by atoms with Crippen molar-refractivity contribution in [2.75, 3.05) is 7.11 Å². The molecule has 0 amide bonds. The van der Waals surface area contributed by atoms with Gasteiger partial charge in [0.1, 0.15) is 0 Å². The Morgan fingerprint density at radius 1 is 1.55 bits per heavy atom. The Labute approximate surface area is 69.7 Å². The summed E-state index contributed by atoms with van der Waals surface area (Å²) in [6, 6.07) is 0. The third-order valence-corrected chi connectivity index (χ3v) is 2.03. The molecule has 0 unspecified atom stereocenters. The smallest absolute Gasteiger partial charge is 0.331 e. The van der Waals surface area contributed by atoms with E-state index >= 15 is 0 Å². The molecular weight excluding hydrogens is 168 g/mol. The van der Waals surface area contributed by atoms with E-state index in [1.165, 1.54) is 7.11 Å². The molecule has 0 saturated heterocycles. The first-order chi connectivity index (χ1) is 5.16. The van der Waals surface area contributed by atoms with Crippen LogP contribution in [0, 0.1) is 5.92 Å². The van der Waals surface area contributed by atoms with Crippen LogP contribution in [-0.2, 0) is 14.3 Å². The zero-order chi connectivity index (χ0) is 8.43. The van der Waals surface area contributed by atoms with Crippen LogP contribution < -0.4 is 0 Å². The Hall–Kier alpha value is -0.570. The van der Waals surface area contributed by atoms with Gasteiger partial charge in [-0.1, -0.05) is 0 Å². The Balaban J connectivity index is 2.44. The molecule has 1 aliphatic carbocycles. The van der Waals surface area contributed by atoms with Crippen molar-refractivity contribution >= 4 is 23.4 Å². The number of halogens is 1. The standard InChI is InChI=1S/C7H9ClO3/c1-11-7(10)5(8)6(9)4-2-3-4/h4-5H,2-3H2,1H3/t5-/m1/s1. The molecule has 0 spiro atoms. The van der Waals surface area contributed by atoms with Gasteiger partial charge in [0.15, 0.2) is 11.2 Å². The fourth-order valence-electron chi connectivity index (χ4n) is 0.794. The highest BCUT2D eigenvalue weighted by atomic mass is 35.5. The number of ether oxygens (including phenoxy) is 1. The van der Waals surface area contributed by atoms with Crippen molar-refractivity contribution in [3.8, 4) is 0 Å². The van der Waals surface area contributed by atoms with Crippen LogP contribution in [-0.4, -0.2) is 24.2 Å². The minimum atomic E-state index is -1.09. The molecule has 3 nitrogen and oxygen atoms in total. The molecule has 0 aromatic rings. The molecule has 0 aliphatic heterocycles. The van der Waals surface area contributed by atoms with Crippen LogP contribution in [0.1, 0.15) is 12.8 Å². The maximum atomic E-state index is 11.1. The molecule has 1 fully saturated rings. The van der Waals surface area contributed by atoms with Crippen LogP contribution in [0.25, 0.3) is 0 Å². The lowest BCUT2D eigenvalue weighted by atomic mass is 10.2. The van der Waals surface area contributed by atoms with E-state index < -0.39 is 11.3 Å². The Bertz CT molecular complexity index is 186. The predicted octanol–water partition coefficient (Wildman–Crippen LogP) is 0.746. The van der Waals surface area contributed by atoms with E-state index in [4.69, 9.17) is 11.6 Å². The molecule has 62 valence electrons. The summed E-state index contributed by atoms with van der Waals surface area (Å²) in [5, 5.41) is -1.09. The van der Waals surface area contributed by atoms with Crippen LogP contribution >= 0.6 is 11.6 Å². The zero-order valence-corrected chi connectivity index (χ0v) is 6.93. The lowest BCUT2D eigenvalue weighted by Crippen LogP contribution is -2.26. The van der Waals surface area contributed by atoms with E-state index in [1.54, 1.807) is 0 Å². The van der Waals surface area contributed by atoms with Gasteiger partial charge in [0.05, 0.1) is 7.11 Å². The maximum Gasteiger partial charge on any atom is 0.331 e. The molecule has 0 aromatic heterocycles. The predicted molar refractivity (Wildman–Crippen MR) is 39.4 cm³/mol. The lowest BCUT2D eigenvalue weighted by molar-refractivity contribution is -0.143. The van der Waals surface area contributed by atoms with Crippen molar-refractivity contribution in [2.45, 2.75) is 18.2 Å². The highest BCUT2D eigenvalue weighted by Gasteiger charge is 2.37. The van der Waals surface area contributed by atoms with Crippen molar-refractivity contribution in [1.82, 2.24) is 0 Å². The Morgan fingerprint density at radius 2 is 2.09 bits per heavy atom. The molecule has 1 rings (SSSR count). The molecule has 1 saturated carbocycles. The van der Waals surface area contributed by atoms with Gasteiger partial charge in [-0.2, -0.15) is 0 Å². The second-order valence-corrected chi connectivity index (χ2v) is 3.00. The topological polar surface area (TPSA) is 43.4 Å². The SMILES string of the molecule is COC(=O)[C@H](Cl)C(=O)C1CC1. The van der Waals surface area contributed by atoms with Crippen LogP contribution in [0.5, 0.6) is 0 Å². The van der Waals surface area contributed by atoms with Gasteiger partial charge in [-0.25, -0.2) is 4.79 Å². The van der Waals surface area contributed by atoms with Crippen LogP contribution in [0.3, 0.4) is 0 Å². The fraction of sp³-hybridized carbons (Fsp3) is 0.714. The second-order valence-electron chi connectivity index (χ2n) is 2.56. The van der Waals surface area contributed by atoms with Gasteiger partial charge in [-0.3, -0.25) is 4.79 Å². The van der Waals surface area contributed by atoms with Crippen LogP contribution in [0.15, 0.2) is 0 Å². The van der Waals surface area contributed by atoms with E-state index in [0.29, 0.717) is 0 Å². The molecule has 0 bridgehead atoms. The Morgan fingerprint density at radius 3 is 2.45 bits per heavy atom. The largest absolute Gasteiger partial charge is 0.468 e. The zero-order valence-electron chi connectivity index (χ0n) is 6.17. The average Bonchev–Trinajstić information content (AvgIpc) is 2.82. The van der Waals surface area contributed by atoms with Crippen molar-refractivity contribution < 1.29 is 14.3 Å². The normalized spacial score (nSPS) is 19.1. The van der Waals surface area contributed by atoms with Crippen molar-refractivity contribution in [3.63, 3.8) is 0 Å². The van der Waals surface area contributed by atoms with E-state index in [1.807, 2.05) is 0 Å². The van der Waals surface area contributed by atoms with E-state index in [0.717, 1.165) is 12.8 Å².